The van der Waals surface area contributed by atoms with Crippen LogP contribution in [0.25, 0.3) is 0 Å². The Labute approximate surface area is 46.0 Å². The average molecular weight is 120 g/mol. The van der Waals surface area contributed by atoms with Crippen molar-refractivity contribution in [2.24, 2.45) is 0 Å². The minimum atomic E-state index is -0.881. The highest BCUT2D eigenvalue weighted by molar-refractivity contribution is 7.81. The zero-order chi connectivity index (χ0) is 4.28. The summed E-state index contributed by atoms with van der Waals surface area (Å²) >= 11 is 3.42. The lowest BCUT2D eigenvalue weighted by Crippen LogP contribution is -1.92. The molecule has 0 aromatic heterocycles. The number of rotatable bonds is 1. The van der Waals surface area contributed by atoms with Crippen LogP contribution in [0.5, 0.6) is 0 Å². The van der Waals surface area contributed by atoms with Gasteiger partial charge in [-0.25, -0.2) is 0 Å². The molecule has 1 N–H and O–H groups in total. The molecule has 4 heteroatoms. The predicted octanol–water partition coefficient (Wildman–Crippen LogP) is -0.380. The van der Waals surface area contributed by atoms with E-state index in [2.05, 4.69) is 12.6 Å². The second-order valence-electron chi connectivity index (χ2n) is 0.552. The van der Waals surface area contributed by atoms with Gasteiger partial charge in [-0.2, -0.15) is 12.6 Å². The first-order valence-corrected chi connectivity index (χ1v) is 1.73. The Hall–Kier alpha value is 0.0369. The van der Waals surface area contributed by atoms with Gasteiger partial charge >= 0.3 is 5.97 Å². The molecule has 0 saturated carbocycles. The molecule has 0 rings (SSSR count). The number of carboxylic acid groups (broad SMARTS) is 1. The van der Waals surface area contributed by atoms with E-state index in [0.29, 0.717) is 0 Å². The van der Waals surface area contributed by atoms with Crippen LogP contribution in [0.3, 0.4) is 0 Å². The molecule has 0 unspecified atom stereocenters. The number of thiol groups is 1. The molecule has 34 valence electrons. The molecule has 4 radical (unpaired) electrons. The van der Waals surface area contributed by atoms with Crippen LogP contribution in [-0.2, 0) is 4.79 Å². The normalized spacial score (nSPS) is 6.17. The number of hydrogen-bond acceptors (Lipinski definition) is 2. The van der Waals surface area contributed by atoms with Crippen molar-refractivity contribution in [1.29, 1.82) is 0 Å². The molecule has 0 aliphatic carbocycles. The third kappa shape index (κ3) is 8.97. The van der Waals surface area contributed by atoms with Gasteiger partial charge in [0.1, 0.15) is 0 Å². The molecular formula is C2H4O2SSi. The first-order valence-electron chi connectivity index (χ1n) is 1.10. The summed E-state index contributed by atoms with van der Waals surface area (Å²) in [4.78, 5) is 9.29. The maximum absolute atomic E-state index is 9.29. The van der Waals surface area contributed by atoms with Gasteiger partial charge < -0.3 is 5.11 Å². The largest absolute Gasteiger partial charge is 0.481 e. The van der Waals surface area contributed by atoms with Gasteiger partial charge in [-0.05, 0) is 0 Å². The minimum absolute atomic E-state index is 0. The van der Waals surface area contributed by atoms with Crippen LogP contribution in [-0.4, -0.2) is 27.8 Å². The van der Waals surface area contributed by atoms with Gasteiger partial charge in [-0.3, -0.25) is 4.79 Å². The van der Waals surface area contributed by atoms with Crippen molar-refractivity contribution in [3.05, 3.63) is 0 Å². The van der Waals surface area contributed by atoms with Gasteiger partial charge in [-0.1, -0.05) is 0 Å². The fourth-order valence-corrected chi connectivity index (χ4v) is 0. The van der Waals surface area contributed by atoms with E-state index in [1.54, 1.807) is 0 Å². The van der Waals surface area contributed by atoms with Crippen LogP contribution in [0, 0.1) is 0 Å². The van der Waals surface area contributed by atoms with E-state index in [9.17, 15) is 4.79 Å². The van der Waals surface area contributed by atoms with Gasteiger partial charge in [0.2, 0.25) is 0 Å². The van der Waals surface area contributed by atoms with Gasteiger partial charge in [0.05, 0.1) is 5.75 Å². The van der Waals surface area contributed by atoms with E-state index in [1.807, 2.05) is 0 Å². The molecule has 0 aliphatic heterocycles. The lowest BCUT2D eigenvalue weighted by atomic mass is 10.8. The maximum Gasteiger partial charge on any atom is 0.313 e. The Morgan fingerprint density at radius 1 is 1.83 bits per heavy atom. The zero-order valence-corrected chi connectivity index (χ0v) is 4.90. The van der Waals surface area contributed by atoms with Crippen LogP contribution in [0.15, 0.2) is 0 Å². The van der Waals surface area contributed by atoms with E-state index < -0.39 is 5.97 Å². The van der Waals surface area contributed by atoms with Crippen molar-refractivity contribution in [2.75, 3.05) is 5.75 Å². The summed E-state index contributed by atoms with van der Waals surface area (Å²) in [7, 11) is 0. The van der Waals surface area contributed by atoms with Crippen LogP contribution in [0.1, 0.15) is 0 Å². The Bertz CT molecular complexity index is 46.8. The third-order valence-corrected chi connectivity index (χ3v) is 0.406. The van der Waals surface area contributed by atoms with E-state index in [0.717, 1.165) is 0 Å². The van der Waals surface area contributed by atoms with Crippen molar-refractivity contribution in [1.82, 2.24) is 0 Å². The zero-order valence-electron chi connectivity index (χ0n) is 3.01. The molecule has 0 amide bonds. The topological polar surface area (TPSA) is 37.3 Å². The third-order valence-electron chi connectivity index (χ3n) is 0.135. The summed E-state index contributed by atoms with van der Waals surface area (Å²) in [5.41, 5.74) is 0. The van der Waals surface area contributed by atoms with Crippen molar-refractivity contribution in [2.45, 2.75) is 0 Å². The first-order chi connectivity index (χ1) is 2.27. The van der Waals surface area contributed by atoms with Crippen LogP contribution < -0.4 is 0 Å². The second kappa shape index (κ2) is 5.04. The number of carbonyl (C=O) groups is 1. The Balaban J connectivity index is 0. The molecule has 0 atom stereocenters. The fraction of sp³-hybridized carbons (Fsp3) is 0.500. The lowest BCUT2D eigenvalue weighted by Gasteiger charge is -1.71. The average Bonchev–Trinajstić information content (AvgIpc) is 1.38. The highest BCUT2D eigenvalue weighted by Crippen LogP contribution is 1.66. The van der Waals surface area contributed by atoms with Crippen molar-refractivity contribution >= 4 is 29.6 Å². The molecule has 0 aliphatic rings. The van der Waals surface area contributed by atoms with Crippen LogP contribution in [0.2, 0.25) is 0 Å². The number of aliphatic carboxylic acids is 1. The summed E-state index contributed by atoms with van der Waals surface area (Å²) in [5.74, 6) is -0.965. The Morgan fingerprint density at radius 3 is 2.00 bits per heavy atom. The van der Waals surface area contributed by atoms with E-state index >= 15 is 0 Å². The summed E-state index contributed by atoms with van der Waals surface area (Å²) < 4.78 is 0. The molecule has 6 heavy (non-hydrogen) atoms. The summed E-state index contributed by atoms with van der Waals surface area (Å²) in [6.45, 7) is 0. The molecular weight excluding hydrogens is 116 g/mol. The first kappa shape index (κ1) is 9.40. The minimum Gasteiger partial charge on any atom is -0.481 e. The lowest BCUT2D eigenvalue weighted by molar-refractivity contribution is -0.133. The highest BCUT2D eigenvalue weighted by Gasteiger charge is 1.81. The van der Waals surface area contributed by atoms with Crippen LogP contribution in [0.4, 0.5) is 0 Å². The number of hydrogen-bond donors (Lipinski definition) is 2. The molecule has 0 aromatic carbocycles. The van der Waals surface area contributed by atoms with Crippen molar-refractivity contribution in [3.8, 4) is 0 Å². The van der Waals surface area contributed by atoms with E-state index in [4.69, 9.17) is 5.11 Å². The molecule has 0 fully saturated rings. The highest BCUT2D eigenvalue weighted by atomic mass is 32.1. The molecule has 0 aromatic rings. The second-order valence-corrected chi connectivity index (χ2v) is 0.868. The van der Waals surface area contributed by atoms with Gasteiger partial charge in [-0.15, -0.1) is 0 Å². The quantitative estimate of drug-likeness (QED) is 0.365. The summed E-state index contributed by atoms with van der Waals surface area (Å²) in [5, 5.41) is 7.65. The van der Waals surface area contributed by atoms with Crippen molar-refractivity contribution in [3.63, 3.8) is 0 Å². The Kier molecular flexibility index (Phi) is 7.89. The van der Waals surface area contributed by atoms with Gasteiger partial charge in [0.25, 0.3) is 0 Å². The van der Waals surface area contributed by atoms with E-state index in [-0.39, 0.29) is 16.7 Å². The monoisotopic (exact) mass is 120 g/mol. The smallest absolute Gasteiger partial charge is 0.313 e. The molecule has 0 heterocycles. The summed E-state index contributed by atoms with van der Waals surface area (Å²) in [6.07, 6.45) is 0. The molecule has 0 spiro atoms. The van der Waals surface area contributed by atoms with Crippen molar-refractivity contribution < 1.29 is 9.90 Å². The molecule has 0 saturated heterocycles. The standard InChI is InChI=1S/C2H4O2S.Si/c3-2(4)1-5;/h5H,1H2,(H,3,4);. The van der Waals surface area contributed by atoms with Crippen LogP contribution >= 0.6 is 12.6 Å². The van der Waals surface area contributed by atoms with E-state index in [1.165, 1.54) is 0 Å². The summed E-state index contributed by atoms with van der Waals surface area (Å²) in [6, 6.07) is 0. The van der Waals surface area contributed by atoms with Gasteiger partial charge in [0, 0.05) is 11.0 Å². The predicted molar refractivity (Wildman–Crippen MR) is 27.2 cm³/mol. The Morgan fingerprint density at radius 2 is 2.00 bits per heavy atom. The SMILES string of the molecule is O=C(O)CS.[Si]. The fourth-order valence-electron chi connectivity index (χ4n) is 0. The molecule has 2 nitrogen and oxygen atoms in total. The number of carboxylic acids is 1. The molecule has 0 bridgehead atoms. The van der Waals surface area contributed by atoms with Gasteiger partial charge in [0.15, 0.2) is 0 Å². The maximum atomic E-state index is 9.29.